The van der Waals surface area contributed by atoms with Gasteiger partial charge in [0.2, 0.25) is 0 Å². The molecule has 0 radical (unpaired) electrons. The number of nitriles is 1. The number of para-hydroxylation sites is 4. The van der Waals surface area contributed by atoms with Crippen molar-refractivity contribution in [2.75, 3.05) is 9.80 Å². The van der Waals surface area contributed by atoms with Gasteiger partial charge in [-0.2, -0.15) is 5.26 Å². The molecule has 0 aliphatic carbocycles. The second-order valence-electron chi connectivity index (χ2n) is 15.2. The molecular formula is C45H44N4. The van der Waals surface area contributed by atoms with Crippen LogP contribution < -0.4 is 9.80 Å². The second-order valence-corrected chi connectivity index (χ2v) is 15.2. The van der Waals surface area contributed by atoms with E-state index < -0.39 is 0 Å². The van der Waals surface area contributed by atoms with Gasteiger partial charge in [-0.15, -0.1) is 0 Å². The summed E-state index contributed by atoms with van der Waals surface area (Å²) in [4.78, 5) is 9.09. The van der Waals surface area contributed by atoms with Crippen LogP contribution in [0, 0.1) is 17.9 Å². The molecule has 4 heteroatoms. The van der Waals surface area contributed by atoms with Gasteiger partial charge in [-0.1, -0.05) is 128 Å². The first-order valence-corrected chi connectivity index (χ1v) is 17.4. The van der Waals surface area contributed by atoms with E-state index in [-0.39, 0.29) is 22.7 Å². The SMILES string of the molecule is [C-]#[N+]c1c(CN2c3ccccc3C(C)(C)c3ccccc32)c(N2c3ccccc3C(C)(C)c3ccccc32)c(C#N)c(C(C)C)c1C(C)C. The number of hydrogen-bond donors (Lipinski definition) is 0. The van der Waals surface area contributed by atoms with Gasteiger partial charge in [0.25, 0.3) is 0 Å². The Morgan fingerprint density at radius 2 is 1.02 bits per heavy atom. The highest BCUT2D eigenvalue weighted by Crippen LogP contribution is 2.57. The number of rotatable bonds is 5. The summed E-state index contributed by atoms with van der Waals surface area (Å²) in [5.41, 5.74) is 13.8. The molecular weight excluding hydrogens is 597 g/mol. The molecule has 0 saturated carbocycles. The van der Waals surface area contributed by atoms with Gasteiger partial charge in [0.1, 0.15) is 6.07 Å². The molecule has 0 spiro atoms. The Balaban J connectivity index is 1.63. The van der Waals surface area contributed by atoms with Gasteiger partial charge in [0.05, 0.1) is 29.2 Å². The van der Waals surface area contributed by atoms with Crippen molar-refractivity contribution in [3.63, 3.8) is 0 Å². The normalized spacial score (nSPS) is 15.2. The van der Waals surface area contributed by atoms with Crippen LogP contribution in [0.5, 0.6) is 0 Å². The maximum atomic E-state index is 11.3. The molecule has 0 fully saturated rings. The summed E-state index contributed by atoms with van der Waals surface area (Å²) in [6, 6.07) is 37.2. The lowest BCUT2D eigenvalue weighted by atomic mass is 9.72. The summed E-state index contributed by atoms with van der Waals surface area (Å²) in [6.07, 6.45) is 0. The van der Waals surface area contributed by atoms with Crippen LogP contribution in [0.25, 0.3) is 4.85 Å². The van der Waals surface area contributed by atoms with E-state index in [4.69, 9.17) is 6.57 Å². The van der Waals surface area contributed by atoms with E-state index in [0.29, 0.717) is 17.8 Å². The van der Waals surface area contributed by atoms with Gasteiger partial charge in [0.15, 0.2) is 5.69 Å². The predicted molar refractivity (Wildman–Crippen MR) is 203 cm³/mol. The van der Waals surface area contributed by atoms with Gasteiger partial charge in [-0.3, -0.25) is 0 Å². The van der Waals surface area contributed by atoms with Crippen molar-refractivity contribution in [1.82, 2.24) is 0 Å². The zero-order valence-electron chi connectivity index (χ0n) is 29.9. The van der Waals surface area contributed by atoms with Gasteiger partial charge in [-0.25, -0.2) is 4.85 Å². The lowest BCUT2D eigenvalue weighted by Gasteiger charge is -2.45. The van der Waals surface area contributed by atoms with Crippen LogP contribution in [-0.4, -0.2) is 0 Å². The lowest BCUT2D eigenvalue weighted by molar-refractivity contribution is 0.623. The molecule has 244 valence electrons. The van der Waals surface area contributed by atoms with E-state index in [0.717, 1.165) is 45.1 Å². The largest absolute Gasteiger partial charge is 0.338 e. The lowest BCUT2D eigenvalue weighted by Crippen LogP contribution is -2.34. The smallest absolute Gasteiger partial charge is 0.198 e. The summed E-state index contributed by atoms with van der Waals surface area (Å²) in [5.74, 6) is 0.102. The van der Waals surface area contributed by atoms with Crippen LogP contribution >= 0.6 is 0 Å². The average molecular weight is 641 g/mol. The van der Waals surface area contributed by atoms with Crippen LogP contribution in [0.4, 0.5) is 34.1 Å². The van der Waals surface area contributed by atoms with Crippen LogP contribution in [0.2, 0.25) is 0 Å². The first-order valence-electron chi connectivity index (χ1n) is 17.4. The highest BCUT2D eigenvalue weighted by Gasteiger charge is 2.41. The van der Waals surface area contributed by atoms with Crippen molar-refractivity contribution in [3.05, 3.63) is 153 Å². The monoisotopic (exact) mass is 640 g/mol. The topological polar surface area (TPSA) is 34.6 Å². The van der Waals surface area contributed by atoms with Crippen LogP contribution in [0.15, 0.2) is 97.1 Å². The Morgan fingerprint density at radius 1 is 0.633 bits per heavy atom. The molecule has 0 aromatic heterocycles. The fourth-order valence-electron chi connectivity index (χ4n) is 8.63. The van der Waals surface area contributed by atoms with Crippen LogP contribution in [-0.2, 0) is 17.4 Å². The summed E-state index contributed by atoms with van der Waals surface area (Å²) in [5, 5.41) is 11.3. The quantitative estimate of drug-likeness (QED) is 0.179. The fraction of sp³-hybridized carbons (Fsp3) is 0.289. The van der Waals surface area contributed by atoms with Crippen molar-refractivity contribution >= 4 is 34.1 Å². The third-order valence-corrected chi connectivity index (χ3v) is 10.9. The Hall–Kier alpha value is -5.32. The standard InChI is InChI=1S/C45H44N4/c1-28(2)40-30(26-46)43(49-38-24-16-12-20-34(38)45(7,8)35-21-13-17-25-39(35)49)31(42(47-9)41(40)29(3)4)27-48-36-22-14-10-18-32(36)44(5,6)33-19-11-15-23-37(33)48/h10-25,28-29H,27H2,1-8H3. The third kappa shape index (κ3) is 4.69. The van der Waals surface area contributed by atoms with E-state index in [1.165, 1.54) is 22.3 Å². The number of anilines is 5. The molecule has 2 heterocycles. The van der Waals surface area contributed by atoms with Crippen molar-refractivity contribution in [1.29, 1.82) is 5.26 Å². The molecule has 0 bridgehead atoms. The van der Waals surface area contributed by atoms with E-state index in [1.807, 2.05) is 0 Å². The molecule has 0 amide bonds. The molecule has 0 N–H and O–H groups in total. The van der Waals surface area contributed by atoms with Crippen molar-refractivity contribution in [2.24, 2.45) is 0 Å². The minimum atomic E-state index is -0.256. The number of benzene rings is 5. The summed E-state index contributed by atoms with van der Waals surface area (Å²) in [7, 11) is 0. The van der Waals surface area contributed by atoms with Crippen LogP contribution in [0.1, 0.15) is 112 Å². The number of fused-ring (bicyclic) bond motifs is 4. The highest BCUT2D eigenvalue weighted by molar-refractivity contribution is 5.94. The summed E-state index contributed by atoms with van der Waals surface area (Å²) >= 11 is 0. The molecule has 5 aromatic rings. The highest BCUT2D eigenvalue weighted by atomic mass is 15.2. The van der Waals surface area contributed by atoms with E-state index in [9.17, 15) is 5.26 Å². The Kier molecular flexibility index (Phi) is 7.68. The summed E-state index contributed by atoms with van der Waals surface area (Å²) in [6.45, 7) is 27.0. The molecule has 7 rings (SSSR count). The zero-order chi connectivity index (χ0) is 34.8. The van der Waals surface area contributed by atoms with Gasteiger partial charge >= 0.3 is 0 Å². The maximum Gasteiger partial charge on any atom is 0.198 e. The molecule has 2 aliphatic rings. The maximum absolute atomic E-state index is 11.3. The number of nitrogens with zero attached hydrogens (tertiary/aromatic N) is 4. The predicted octanol–water partition coefficient (Wildman–Crippen LogP) is 12.4. The second kappa shape index (κ2) is 11.7. The number of hydrogen-bond acceptors (Lipinski definition) is 3. The molecule has 5 aromatic carbocycles. The molecule has 0 unspecified atom stereocenters. The van der Waals surface area contributed by atoms with Gasteiger partial charge in [-0.05, 0) is 69.5 Å². The Labute approximate surface area is 292 Å². The Morgan fingerprint density at radius 3 is 1.41 bits per heavy atom. The van der Waals surface area contributed by atoms with Gasteiger partial charge in [0, 0.05) is 34.3 Å². The van der Waals surface area contributed by atoms with Gasteiger partial charge < -0.3 is 9.80 Å². The van der Waals surface area contributed by atoms with E-state index in [2.05, 4.69) is 173 Å². The molecule has 0 saturated heterocycles. The summed E-state index contributed by atoms with van der Waals surface area (Å²) < 4.78 is 0. The first-order chi connectivity index (χ1) is 23.4. The molecule has 2 aliphatic heterocycles. The van der Waals surface area contributed by atoms with Crippen LogP contribution in [0.3, 0.4) is 0 Å². The zero-order valence-corrected chi connectivity index (χ0v) is 29.9. The first kappa shape index (κ1) is 32.2. The van der Waals surface area contributed by atoms with Crippen molar-refractivity contribution < 1.29 is 0 Å². The average Bonchev–Trinajstić information content (AvgIpc) is 3.10. The fourth-order valence-corrected chi connectivity index (χ4v) is 8.63. The third-order valence-electron chi connectivity index (χ3n) is 10.9. The minimum absolute atomic E-state index is 0.0457. The van der Waals surface area contributed by atoms with Crippen molar-refractivity contribution in [2.45, 2.75) is 84.6 Å². The van der Waals surface area contributed by atoms with E-state index >= 15 is 0 Å². The molecule has 4 nitrogen and oxygen atoms in total. The van der Waals surface area contributed by atoms with Crippen molar-refractivity contribution in [3.8, 4) is 6.07 Å². The molecule has 0 atom stereocenters. The van der Waals surface area contributed by atoms with E-state index in [1.54, 1.807) is 0 Å². The molecule has 49 heavy (non-hydrogen) atoms. The Bertz CT molecular complexity index is 2110. The minimum Gasteiger partial charge on any atom is -0.338 e.